The molecule has 0 aliphatic carbocycles. The maximum atomic E-state index is 13.7. The number of aryl methyl sites for hydroxylation is 2. The van der Waals surface area contributed by atoms with Crippen molar-refractivity contribution in [3.63, 3.8) is 0 Å². The number of hydrogen-bond donors (Lipinski definition) is 1. The van der Waals surface area contributed by atoms with Crippen LogP contribution in [0, 0.1) is 5.92 Å². The van der Waals surface area contributed by atoms with Crippen LogP contribution in [-0.4, -0.2) is 53.2 Å². The number of rotatable bonds is 13. The van der Waals surface area contributed by atoms with Crippen molar-refractivity contribution < 1.29 is 17.9 Å². The topological polar surface area (TPSA) is 114 Å². The van der Waals surface area contributed by atoms with Crippen LogP contribution in [0.4, 0.5) is 0 Å². The Hall–Kier alpha value is -2.98. The summed E-state index contributed by atoms with van der Waals surface area (Å²) in [5.41, 5.74) is 2.03. The molecule has 1 fully saturated rings. The molecule has 3 aromatic rings. The Bertz CT molecular complexity index is 1500. The van der Waals surface area contributed by atoms with E-state index in [1.807, 2.05) is 20.8 Å². The number of ether oxygens (including phenoxy) is 1. The fourth-order valence-electron chi connectivity index (χ4n) is 5.69. The quantitative estimate of drug-likeness (QED) is 0.269. The summed E-state index contributed by atoms with van der Waals surface area (Å²) in [4.78, 5) is 33.2. The van der Waals surface area contributed by atoms with Gasteiger partial charge in [0, 0.05) is 25.2 Å². The molecule has 4 rings (SSSR count). The average Bonchev–Trinajstić information content (AvgIpc) is 3.28. The first-order valence-electron chi connectivity index (χ1n) is 14.7. The Labute approximate surface area is 237 Å². The fraction of sp³-hybridized carbons (Fsp3) is 0.567. The van der Waals surface area contributed by atoms with E-state index >= 15 is 0 Å². The monoisotopic (exact) mass is 570 g/mol. The zero-order valence-corrected chi connectivity index (χ0v) is 25.0. The Morgan fingerprint density at radius 3 is 2.48 bits per heavy atom. The molecule has 0 amide bonds. The molecule has 1 saturated heterocycles. The highest BCUT2D eigenvalue weighted by Crippen LogP contribution is 2.34. The Morgan fingerprint density at radius 1 is 1.10 bits per heavy atom. The van der Waals surface area contributed by atoms with Crippen molar-refractivity contribution in [1.29, 1.82) is 0 Å². The van der Waals surface area contributed by atoms with Gasteiger partial charge in [0.1, 0.15) is 22.6 Å². The molecule has 2 aromatic heterocycles. The van der Waals surface area contributed by atoms with E-state index in [9.17, 15) is 18.0 Å². The molecule has 0 bridgehead atoms. The van der Waals surface area contributed by atoms with E-state index in [2.05, 4.69) is 11.9 Å². The van der Waals surface area contributed by atoms with E-state index < -0.39 is 10.0 Å². The second-order valence-electron chi connectivity index (χ2n) is 10.6. The van der Waals surface area contributed by atoms with Crippen molar-refractivity contribution in [2.45, 2.75) is 90.5 Å². The summed E-state index contributed by atoms with van der Waals surface area (Å²) in [6.45, 7) is 9.94. The standard InChI is InChI=1S/C30H42N4O5S/c1-5-9-11-21-14-16-33(17-15-21)40(37,38)22-12-13-26(39-18-7-3)24(19-22)29-31-27-23(10-6-2)25(20-35)34(8-4)28(27)30(36)32-29/h12-13,19-21H,5-11,14-18H2,1-4H3,(H,31,32,36). The highest BCUT2D eigenvalue weighted by atomic mass is 32.2. The minimum atomic E-state index is -3.75. The van der Waals surface area contributed by atoms with Crippen LogP contribution in [0.3, 0.4) is 0 Å². The van der Waals surface area contributed by atoms with Crippen molar-refractivity contribution in [3.05, 3.63) is 39.8 Å². The first-order valence-corrected chi connectivity index (χ1v) is 16.1. The number of nitrogens with zero attached hydrogens (tertiary/aromatic N) is 3. The summed E-state index contributed by atoms with van der Waals surface area (Å²) in [6, 6.07) is 4.78. The van der Waals surface area contributed by atoms with Crippen LogP contribution in [0.15, 0.2) is 27.9 Å². The SMILES string of the molecule is CCCCC1CCN(S(=O)(=O)c2ccc(OCCC)c(-c3nc4c(CCC)c(C=O)n(CC)c4c(=O)[nH]3)c2)CC1. The molecule has 0 radical (unpaired) electrons. The first-order chi connectivity index (χ1) is 19.3. The number of aromatic amines is 1. The molecule has 0 unspecified atom stereocenters. The van der Waals surface area contributed by atoms with Gasteiger partial charge in [0.25, 0.3) is 5.56 Å². The first kappa shape index (κ1) is 30.0. The molecular weight excluding hydrogens is 528 g/mol. The van der Waals surface area contributed by atoms with Crippen LogP contribution < -0.4 is 10.3 Å². The molecule has 0 atom stereocenters. The number of aldehydes is 1. The fourth-order valence-corrected chi connectivity index (χ4v) is 7.19. The zero-order valence-electron chi connectivity index (χ0n) is 24.2. The number of unbranched alkanes of at least 4 members (excludes halogenated alkanes) is 1. The number of aromatic nitrogens is 3. The Balaban J connectivity index is 1.80. The third-order valence-corrected chi connectivity index (χ3v) is 9.72. The predicted molar refractivity (Wildman–Crippen MR) is 158 cm³/mol. The Morgan fingerprint density at radius 2 is 1.85 bits per heavy atom. The normalized spacial score (nSPS) is 15.1. The second-order valence-corrected chi connectivity index (χ2v) is 12.5. The number of H-pyrrole nitrogens is 1. The van der Waals surface area contributed by atoms with Crippen LogP contribution in [0.25, 0.3) is 22.4 Å². The molecule has 10 heteroatoms. The predicted octanol–water partition coefficient (Wildman–Crippen LogP) is 5.56. The highest BCUT2D eigenvalue weighted by Gasteiger charge is 2.30. The number of carbonyl (C=O) groups is 1. The van der Waals surface area contributed by atoms with Gasteiger partial charge in [0.2, 0.25) is 10.0 Å². The molecule has 1 aromatic carbocycles. The summed E-state index contributed by atoms with van der Waals surface area (Å²) in [6.07, 6.45) is 8.11. The molecule has 0 saturated carbocycles. The molecule has 9 nitrogen and oxygen atoms in total. The van der Waals surface area contributed by atoms with Crippen molar-refractivity contribution in [1.82, 2.24) is 18.8 Å². The number of piperidine rings is 1. The lowest BCUT2D eigenvalue weighted by molar-refractivity contribution is 0.111. The lowest BCUT2D eigenvalue weighted by Crippen LogP contribution is -2.38. The van der Waals surface area contributed by atoms with Crippen LogP contribution in [-0.2, 0) is 23.0 Å². The van der Waals surface area contributed by atoms with E-state index in [1.54, 1.807) is 27.1 Å². The summed E-state index contributed by atoms with van der Waals surface area (Å²) in [5, 5.41) is 0. The number of carbonyl (C=O) groups excluding carboxylic acids is 1. The van der Waals surface area contributed by atoms with Crippen molar-refractivity contribution in [3.8, 4) is 17.1 Å². The largest absolute Gasteiger partial charge is 0.493 e. The second kappa shape index (κ2) is 13.1. The lowest BCUT2D eigenvalue weighted by Gasteiger charge is -2.31. The summed E-state index contributed by atoms with van der Waals surface area (Å²) < 4.78 is 36.7. The van der Waals surface area contributed by atoms with Crippen molar-refractivity contribution in [2.75, 3.05) is 19.7 Å². The van der Waals surface area contributed by atoms with Crippen LogP contribution >= 0.6 is 0 Å². The van der Waals surface area contributed by atoms with Gasteiger partial charge in [-0.05, 0) is 56.7 Å². The smallest absolute Gasteiger partial charge is 0.275 e. The van der Waals surface area contributed by atoms with E-state index in [0.29, 0.717) is 66.6 Å². The molecular formula is C30H42N4O5S. The third-order valence-electron chi connectivity index (χ3n) is 7.82. The summed E-state index contributed by atoms with van der Waals surface area (Å²) >= 11 is 0. The summed E-state index contributed by atoms with van der Waals surface area (Å²) in [5.74, 6) is 1.24. The van der Waals surface area contributed by atoms with E-state index in [4.69, 9.17) is 9.72 Å². The number of benzene rings is 1. The molecule has 3 heterocycles. The van der Waals surface area contributed by atoms with E-state index in [0.717, 1.165) is 50.4 Å². The third kappa shape index (κ3) is 5.88. The van der Waals surface area contributed by atoms with E-state index in [-0.39, 0.29) is 16.3 Å². The molecule has 1 aliphatic rings. The van der Waals surface area contributed by atoms with Gasteiger partial charge >= 0.3 is 0 Å². The number of nitrogens with one attached hydrogen (secondary N) is 1. The van der Waals surface area contributed by atoms with Gasteiger partial charge in [-0.25, -0.2) is 13.4 Å². The van der Waals surface area contributed by atoms with Gasteiger partial charge in [-0.2, -0.15) is 4.31 Å². The molecule has 0 spiro atoms. The maximum Gasteiger partial charge on any atom is 0.275 e. The van der Waals surface area contributed by atoms with Gasteiger partial charge in [-0.3, -0.25) is 9.59 Å². The zero-order chi connectivity index (χ0) is 28.9. The van der Waals surface area contributed by atoms with Gasteiger partial charge in [0.05, 0.1) is 22.8 Å². The number of fused-ring (bicyclic) bond motifs is 1. The number of hydrogen-bond acceptors (Lipinski definition) is 6. The maximum absolute atomic E-state index is 13.7. The minimum absolute atomic E-state index is 0.148. The highest BCUT2D eigenvalue weighted by molar-refractivity contribution is 7.89. The minimum Gasteiger partial charge on any atom is -0.493 e. The molecule has 1 aliphatic heterocycles. The van der Waals surface area contributed by atoms with Gasteiger partial charge < -0.3 is 14.3 Å². The van der Waals surface area contributed by atoms with Crippen molar-refractivity contribution in [2.24, 2.45) is 5.92 Å². The van der Waals surface area contributed by atoms with Gasteiger partial charge in [0.15, 0.2) is 6.29 Å². The van der Waals surface area contributed by atoms with E-state index in [1.165, 1.54) is 6.42 Å². The lowest BCUT2D eigenvalue weighted by atomic mass is 9.93. The average molecular weight is 571 g/mol. The molecule has 40 heavy (non-hydrogen) atoms. The van der Waals surface area contributed by atoms with Crippen LogP contribution in [0.5, 0.6) is 5.75 Å². The summed E-state index contributed by atoms with van der Waals surface area (Å²) in [7, 11) is -3.75. The number of sulfonamides is 1. The Kier molecular flexibility index (Phi) is 9.84. The molecule has 218 valence electrons. The van der Waals surface area contributed by atoms with Crippen molar-refractivity contribution >= 4 is 27.3 Å². The van der Waals surface area contributed by atoms with Gasteiger partial charge in [-0.15, -0.1) is 0 Å². The molecule has 1 N–H and O–H groups in total. The van der Waals surface area contributed by atoms with Gasteiger partial charge in [-0.1, -0.05) is 46.5 Å². The van der Waals surface area contributed by atoms with Crippen LogP contribution in [0.1, 0.15) is 88.7 Å². The van der Waals surface area contributed by atoms with Crippen LogP contribution in [0.2, 0.25) is 0 Å².